The second-order valence-corrected chi connectivity index (χ2v) is 5.35. The number of hydrogen-bond acceptors (Lipinski definition) is 5. The average Bonchev–Trinajstić information content (AvgIpc) is 3.11. The van der Waals surface area contributed by atoms with Gasteiger partial charge in [-0.05, 0) is 20.8 Å². The Balaban J connectivity index is 1.95. The van der Waals surface area contributed by atoms with Gasteiger partial charge in [0.1, 0.15) is 6.04 Å². The van der Waals surface area contributed by atoms with Crippen LogP contribution in [0.5, 0.6) is 0 Å². The lowest BCUT2D eigenvalue weighted by Gasteiger charge is -2.09. The minimum absolute atomic E-state index is 0.185. The van der Waals surface area contributed by atoms with Crippen LogP contribution in [0.3, 0.4) is 0 Å². The zero-order valence-corrected chi connectivity index (χ0v) is 13.0. The molecule has 0 aliphatic rings. The standard InChI is InChI=1S/C13H15ClN6O/c1-7-10(6-19(4)18-7)13-17-16-12(21-13)9(3)20-8(2)11(14)5-15-20/h5-6,9H,1-4H3/t9-/m0/s1. The van der Waals surface area contributed by atoms with Gasteiger partial charge >= 0.3 is 0 Å². The normalized spacial score (nSPS) is 12.8. The van der Waals surface area contributed by atoms with Crippen molar-refractivity contribution in [2.24, 2.45) is 7.05 Å². The van der Waals surface area contributed by atoms with E-state index in [1.54, 1.807) is 15.6 Å². The molecule has 3 aromatic rings. The molecule has 0 saturated carbocycles. The molecule has 3 rings (SSSR count). The first-order chi connectivity index (χ1) is 9.97. The van der Waals surface area contributed by atoms with Gasteiger partial charge in [0.15, 0.2) is 0 Å². The SMILES string of the molecule is Cc1nn(C)cc1-c1nnc([C@H](C)n2ncc(Cl)c2C)o1. The molecule has 3 heterocycles. The molecule has 0 spiro atoms. The van der Waals surface area contributed by atoms with Crippen molar-refractivity contribution in [3.63, 3.8) is 0 Å². The predicted molar refractivity (Wildman–Crippen MR) is 77.0 cm³/mol. The molecule has 0 aromatic carbocycles. The smallest absolute Gasteiger partial charge is 0.251 e. The monoisotopic (exact) mass is 306 g/mol. The van der Waals surface area contributed by atoms with E-state index >= 15 is 0 Å². The zero-order valence-electron chi connectivity index (χ0n) is 12.2. The van der Waals surface area contributed by atoms with E-state index < -0.39 is 0 Å². The van der Waals surface area contributed by atoms with Crippen LogP contribution in [0.15, 0.2) is 16.8 Å². The molecule has 21 heavy (non-hydrogen) atoms. The van der Waals surface area contributed by atoms with Crippen molar-refractivity contribution in [1.29, 1.82) is 0 Å². The lowest BCUT2D eigenvalue weighted by atomic mass is 10.3. The second-order valence-electron chi connectivity index (χ2n) is 4.95. The molecule has 0 bridgehead atoms. The van der Waals surface area contributed by atoms with Crippen LogP contribution in [0.25, 0.3) is 11.5 Å². The minimum Gasteiger partial charge on any atom is -0.418 e. The van der Waals surface area contributed by atoms with Crippen molar-refractivity contribution in [3.05, 3.63) is 34.7 Å². The molecule has 7 nitrogen and oxygen atoms in total. The molecule has 3 aromatic heterocycles. The maximum Gasteiger partial charge on any atom is 0.251 e. The highest BCUT2D eigenvalue weighted by molar-refractivity contribution is 6.31. The summed E-state index contributed by atoms with van der Waals surface area (Å²) in [6, 6.07) is -0.185. The molecule has 8 heteroatoms. The van der Waals surface area contributed by atoms with Crippen molar-refractivity contribution in [2.75, 3.05) is 0 Å². The maximum atomic E-state index is 6.02. The van der Waals surface area contributed by atoms with Gasteiger partial charge < -0.3 is 4.42 Å². The summed E-state index contributed by atoms with van der Waals surface area (Å²) in [7, 11) is 1.85. The van der Waals surface area contributed by atoms with E-state index in [1.807, 2.05) is 34.0 Å². The van der Waals surface area contributed by atoms with Crippen LogP contribution in [-0.2, 0) is 7.05 Å². The van der Waals surface area contributed by atoms with Gasteiger partial charge in [-0.2, -0.15) is 10.2 Å². The van der Waals surface area contributed by atoms with Crippen LogP contribution in [0, 0.1) is 13.8 Å². The Morgan fingerprint density at radius 3 is 2.62 bits per heavy atom. The van der Waals surface area contributed by atoms with Crippen LogP contribution < -0.4 is 0 Å². The molecule has 110 valence electrons. The third-order valence-corrected chi connectivity index (χ3v) is 3.76. The summed E-state index contributed by atoms with van der Waals surface area (Å²) >= 11 is 6.02. The summed E-state index contributed by atoms with van der Waals surface area (Å²) in [5.41, 5.74) is 2.54. The van der Waals surface area contributed by atoms with Crippen LogP contribution in [0.2, 0.25) is 5.02 Å². The Morgan fingerprint density at radius 1 is 1.29 bits per heavy atom. The molecule has 1 atom stereocenters. The van der Waals surface area contributed by atoms with E-state index in [0.717, 1.165) is 17.0 Å². The number of aryl methyl sites for hydroxylation is 2. The number of aromatic nitrogens is 6. The van der Waals surface area contributed by atoms with E-state index in [2.05, 4.69) is 20.4 Å². The Labute approximate surface area is 126 Å². The Kier molecular flexibility index (Phi) is 3.29. The molecule has 0 fully saturated rings. The van der Waals surface area contributed by atoms with Gasteiger partial charge in [-0.15, -0.1) is 10.2 Å². The summed E-state index contributed by atoms with van der Waals surface area (Å²) < 4.78 is 9.24. The first-order valence-corrected chi connectivity index (χ1v) is 6.88. The highest BCUT2D eigenvalue weighted by Crippen LogP contribution is 2.26. The predicted octanol–water partition coefficient (Wildman–Crippen LogP) is 2.55. The molecule has 0 aliphatic heterocycles. The van der Waals surface area contributed by atoms with Gasteiger partial charge in [-0.25, -0.2) is 0 Å². The second kappa shape index (κ2) is 5.00. The van der Waals surface area contributed by atoms with Crippen LogP contribution in [-0.4, -0.2) is 29.8 Å². The lowest BCUT2D eigenvalue weighted by molar-refractivity contribution is 0.411. The first kappa shape index (κ1) is 13.8. The van der Waals surface area contributed by atoms with Gasteiger partial charge in [0.25, 0.3) is 5.89 Å². The molecular weight excluding hydrogens is 292 g/mol. The third kappa shape index (κ3) is 2.33. The third-order valence-electron chi connectivity index (χ3n) is 3.39. The molecule has 0 radical (unpaired) electrons. The van der Waals surface area contributed by atoms with Gasteiger partial charge in [-0.1, -0.05) is 11.6 Å². The van der Waals surface area contributed by atoms with Crippen molar-refractivity contribution in [3.8, 4) is 11.5 Å². The minimum atomic E-state index is -0.185. The fourth-order valence-corrected chi connectivity index (χ4v) is 2.35. The number of rotatable bonds is 3. The Hall–Kier alpha value is -2.15. The summed E-state index contributed by atoms with van der Waals surface area (Å²) in [6.07, 6.45) is 3.46. The van der Waals surface area contributed by atoms with Crippen molar-refractivity contribution < 1.29 is 4.42 Å². The zero-order chi connectivity index (χ0) is 15.1. The van der Waals surface area contributed by atoms with E-state index in [9.17, 15) is 0 Å². The Morgan fingerprint density at radius 2 is 2.05 bits per heavy atom. The van der Waals surface area contributed by atoms with Gasteiger partial charge in [0, 0.05) is 13.2 Å². The quantitative estimate of drug-likeness (QED) is 0.743. The van der Waals surface area contributed by atoms with Crippen LogP contribution >= 0.6 is 11.6 Å². The van der Waals surface area contributed by atoms with E-state index in [4.69, 9.17) is 16.0 Å². The summed E-state index contributed by atoms with van der Waals surface area (Å²) in [4.78, 5) is 0. The summed E-state index contributed by atoms with van der Waals surface area (Å²) in [5.74, 6) is 0.939. The molecule has 0 unspecified atom stereocenters. The molecular formula is C13H15ClN6O. The molecule has 0 N–H and O–H groups in total. The Bertz CT molecular complexity index is 787. The van der Waals surface area contributed by atoms with Crippen molar-refractivity contribution >= 4 is 11.6 Å². The van der Waals surface area contributed by atoms with E-state index in [1.165, 1.54) is 0 Å². The van der Waals surface area contributed by atoms with Crippen LogP contribution in [0.4, 0.5) is 0 Å². The van der Waals surface area contributed by atoms with Crippen molar-refractivity contribution in [2.45, 2.75) is 26.8 Å². The molecule has 0 amide bonds. The van der Waals surface area contributed by atoms with E-state index in [0.29, 0.717) is 16.8 Å². The number of halogens is 1. The highest BCUT2D eigenvalue weighted by atomic mass is 35.5. The van der Waals surface area contributed by atoms with E-state index in [-0.39, 0.29) is 6.04 Å². The maximum absolute atomic E-state index is 6.02. The lowest BCUT2D eigenvalue weighted by Crippen LogP contribution is -2.10. The van der Waals surface area contributed by atoms with Gasteiger partial charge in [-0.3, -0.25) is 9.36 Å². The average molecular weight is 307 g/mol. The fourth-order valence-electron chi connectivity index (χ4n) is 2.22. The van der Waals surface area contributed by atoms with Crippen LogP contribution in [0.1, 0.15) is 30.2 Å². The van der Waals surface area contributed by atoms with Gasteiger partial charge in [0.2, 0.25) is 5.89 Å². The molecule has 0 saturated heterocycles. The molecule has 0 aliphatic carbocycles. The number of hydrogen-bond donors (Lipinski definition) is 0. The summed E-state index contributed by atoms with van der Waals surface area (Å²) in [5, 5.41) is 17.3. The first-order valence-electron chi connectivity index (χ1n) is 6.51. The van der Waals surface area contributed by atoms with Gasteiger partial charge in [0.05, 0.1) is 28.2 Å². The van der Waals surface area contributed by atoms with Crippen molar-refractivity contribution in [1.82, 2.24) is 29.8 Å². The largest absolute Gasteiger partial charge is 0.418 e. The topological polar surface area (TPSA) is 74.6 Å². The number of nitrogens with zero attached hydrogens (tertiary/aromatic N) is 6. The summed E-state index contributed by atoms with van der Waals surface area (Å²) in [6.45, 7) is 5.73. The fraction of sp³-hybridized carbons (Fsp3) is 0.385. The highest BCUT2D eigenvalue weighted by Gasteiger charge is 2.21.